The highest BCUT2D eigenvalue weighted by atomic mass is 16.2. The lowest BCUT2D eigenvalue weighted by atomic mass is 9.94. The summed E-state index contributed by atoms with van der Waals surface area (Å²) in [6.07, 6.45) is 7.65. The maximum atomic E-state index is 13.0. The maximum Gasteiger partial charge on any atom is 0.237 e. The highest BCUT2D eigenvalue weighted by Gasteiger charge is 2.31. The summed E-state index contributed by atoms with van der Waals surface area (Å²) in [6, 6.07) is 10.7. The molecule has 158 valence electrons. The smallest absolute Gasteiger partial charge is 0.237 e. The van der Waals surface area contributed by atoms with Gasteiger partial charge < -0.3 is 9.88 Å². The predicted octanol–water partition coefficient (Wildman–Crippen LogP) is 4.21. The second-order valence-corrected chi connectivity index (χ2v) is 9.15. The van der Waals surface area contributed by atoms with E-state index in [9.17, 15) is 4.79 Å². The SMILES string of the molecule is CC(C)C[C@@H]1N[C@H](C(=O)NC(C)C)Cc2cn(Cc3cccnc3)c3cccc1c23. The van der Waals surface area contributed by atoms with E-state index in [-0.39, 0.29) is 24.0 Å². The number of pyridine rings is 1. The quantitative estimate of drug-likeness (QED) is 0.647. The van der Waals surface area contributed by atoms with E-state index in [2.05, 4.69) is 64.5 Å². The second-order valence-electron chi connectivity index (χ2n) is 9.15. The number of carbonyl (C=O) groups is 1. The fraction of sp³-hybridized carbons (Fsp3) is 0.440. The zero-order valence-corrected chi connectivity index (χ0v) is 18.4. The van der Waals surface area contributed by atoms with Gasteiger partial charge in [0.1, 0.15) is 0 Å². The fourth-order valence-corrected chi connectivity index (χ4v) is 4.56. The Bertz CT molecular complexity index is 1020. The van der Waals surface area contributed by atoms with Crippen LogP contribution >= 0.6 is 0 Å². The van der Waals surface area contributed by atoms with Gasteiger partial charge in [0.25, 0.3) is 0 Å². The van der Waals surface area contributed by atoms with E-state index in [0.29, 0.717) is 12.3 Å². The first-order valence-corrected chi connectivity index (χ1v) is 11.0. The first-order chi connectivity index (χ1) is 14.4. The molecule has 0 saturated heterocycles. The zero-order valence-electron chi connectivity index (χ0n) is 18.4. The summed E-state index contributed by atoms with van der Waals surface area (Å²) in [5.74, 6) is 0.616. The Labute approximate surface area is 178 Å². The van der Waals surface area contributed by atoms with Crippen LogP contribution < -0.4 is 10.6 Å². The van der Waals surface area contributed by atoms with Crippen LogP contribution in [-0.2, 0) is 17.8 Å². The summed E-state index contributed by atoms with van der Waals surface area (Å²) in [5, 5.41) is 8.09. The Hall–Kier alpha value is -2.66. The number of hydrogen-bond donors (Lipinski definition) is 2. The van der Waals surface area contributed by atoms with Crippen molar-refractivity contribution in [3.63, 3.8) is 0 Å². The molecule has 1 aromatic carbocycles. The fourth-order valence-electron chi connectivity index (χ4n) is 4.56. The van der Waals surface area contributed by atoms with E-state index in [1.807, 2.05) is 26.1 Å². The second kappa shape index (κ2) is 8.60. The average Bonchev–Trinajstić information content (AvgIpc) is 2.95. The molecule has 2 N–H and O–H groups in total. The first-order valence-electron chi connectivity index (χ1n) is 11.0. The molecule has 1 aliphatic rings. The molecule has 5 nitrogen and oxygen atoms in total. The molecule has 1 aliphatic heterocycles. The van der Waals surface area contributed by atoms with Crippen molar-refractivity contribution in [2.45, 2.75) is 65.2 Å². The summed E-state index contributed by atoms with van der Waals surface area (Å²) < 4.78 is 2.31. The lowest BCUT2D eigenvalue weighted by Gasteiger charge is -2.26. The molecule has 0 radical (unpaired) electrons. The third-order valence-corrected chi connectivity index (χ3v) is 5.75. The van der Waals surface area contributed by atoms with Gasteiger partial charge in [0.15, 0.2) is 0 Å². The van der Waals surface area contributed by atoms with Crippen LogP contribution in [0.3, 0.4) is 0 Å². The molecular formula is C25H32N4O. The van der Waals surface area contributed by atoms with Crippen molar-refractivity contribution in [3.8, 4) is 0 Å². The number of hydrogen-bond acceptors (Lipinski definition) is 3. The molecule has 5 heteroatoms. The van der Waals surface area contributed by atoms with Gasteiger partial charge in [-0.15, -0.1) is 0 Å². The van der Waals surface area contributed by atoms with Crippen LogP contribution in [0.4, 0.5) is 0 Å². The van der Waals surface area contributed by atoms with Crippen LogP contribution in [0.1, 0.15) is 56.8 Å². The van der Waals surface area contributed by atoms with Crippen molar-refractivity contribution in [2.75, 3.05) is 0 Å². The Morgan fingerprint density at radius 3 is 2.77 bits per heavy atom. The summed E-state index contributed by atoms with van der Waals surface area (Å²) in [4.78, 5) is 17.2. The van der Waals surface area contributed by atoms with Crippen LogP contribution in [0.5, 0.6) is 0 Å². The van der Waals surface area contributed by atoms with Gasteiger partial charge in [0, 0.05) is 48.1 Å². The minimum Gasteiger partial charge on any atom is -0.353 e. The number of nitrogens with one attached hydrogen (secondary N) is 2. The molecule has 2 atom stereocenters. The van der Waals surface area contributed by atoms with Gasteiger partial charge >= 0.3 is 0 Å². The van der Waals surface area contributed by atoms with Crippen LogP contribution in [-0.4, -0.2) is 27.5 Å². The maximum absolute atomic E-state index is 13.0. The molecule has 0 bridgehead atoms. The molecule has 3 heterocycles. The molecule has 0 saturated carbocycles. The number of carbonyl (C=O) groups excluding carboxylic acids is 1. The Balaban J connectivity index is 1.78. The summed E-state index contributed by atoms with van der Waals surface area (Å²) in [5.41, 5.74) is 4.95. The van der Waals surface area contributed by atoms with Gasteiger partial charge in [-0.2, -0.15) is 0 Å². The third kappa shape index (κ3) is 4.26. The molecule has 0 unspecified atom stereocenters. The van der Waals surface area contributed by atoms with Crippen molar-refractivity contribution in [1.82, 2.24) is 20.2 Å². The molecule has 0 fully saturated rings. The number of amides is 1. The number of benzene rings is 1. The molecule has 0 aliphatic carbocycles. The van der Waals surface area contributed by atoms with E-state index in [1.165, 1.54) is 27.6 Å². The van der Waals surface area contributed by atoms with Gasteiger partial charge in [-0.05, 0) is 61.4 Å². The van der Waals surface area contributed by atoms with E-state index in [1.54, 1.807) is 6.20 Å². The highest BCUT2D eigenvalue weighted by Crippen LogP contribution is 2.36. The van der Waals surface area contributed by atoms with Crippen molar-refractivity contribution < 1.29 is 4.79 Å². The molecule has 1 amide bonds. The topological polar surface area (TPSA) is 59.0 Å². The highest BCUT2D eigenvalue weighted by molar-refractivity contribution is 5.90. The van der Waals surface area contributed by atoms with Crippen LogP contribution in [0.15, 0.2) is 48.9 Å². The zero-order chi connectivity index (χ0) is 21.3. The summed E-state index contributed by atoms with van der Waals surface area (Å²) in [6.45, 7) is 9.28. The van der Waals surface area contributed by atoms with Crippen LogP contribution in [0.2, 0.25) is 0 Å². The van der Waals surface area contributed by atoms with E-state index < -0.39 is 0 Å². The molecular weight excluding hydrogens is 372 g/mol. The largest absolute Gasteiger partial charge is 0.353 e. The Morgan fingerprint density at radius 2 is 2.07 bits per heavy atom. The number of aromatic nitrogens is 2. The third-order valence-electron chi connectivity index (χ3n) is 5.75. The molecule has 3 aromatic rings. The minimum absolute atomic E-state index is 0.0831. The Kier molecular flexibility index (Phi) is 5.91. The lowest BCUT2D eigenvalue weighted by Crippen LogP contribution is -2.48. The van der Waals surface area contributed by atoms with Gasteiger partial charge in [-0.3, -0.25) is 15.1 Å². The normalized spacial score (nSPS) is 18.7. The summed E-state index contributed by atoms with van der Waals surface area (Å²) >= 11 is 0. The minimum atomic E-state index is -0.235. The van der Waals surface area contributed by atoms with Crippen molar-refractivity contribution in [1.29, 1.82) is 0 Å². The number of rotatable bonds is 6. The van der Waals surface area contributed by atoms with Crippen molar-refractivity contribution in [3.05, 3.63) is 65.6 Å². The van der Waals surface area contributed by atoms with Gasteiger partial charge in [-0.25, -0.2) is 0 Å². The molecule has 30 heavy (non-hydrogen) atoms. The van der Waals surface area contributed by atoms with Crippen molar-refractivity contribution in [2.24, 2.45) is 5.92 Å². The van der Waals surface area contributed by atoms with Crippen molar-refractivity contribution >= 4 is 16.8 Å². The summed E-state index contributed by atoms with van der Waals surface area (Å²) in [7, 11) is 0. The van der Waals surface area contributed by atoms with Crippen LogP contribution in [0, 0.1) is 5.92 Å². The van der Waals surface area contributed by atoms with Gasteiger partial charge in [0.2, 0.25) is 5.91 Å². The number of nitrogens with zero attached hydrogens (tertiary/aromatic N) is 2. The van der Waals surface area contributed by atoms with Gasteiger partial charge in [0.05, 0.1) is 6.04 Å². The first kappa shape index (κ1) is 20.6. The van der Waals surface area contributed by atoms with Gasteiger partial charge in [-0.1, -0.05) is 32.0 Å². The van der Waals surface area contributed by atoms with E-state index in [4.69, 9.17) is 0 Å². The average molecular weight is 405 g/mol. The monoisotopic (exact) mass is 404 g/mol. The van der Waals surface area contributed by atoms with E-state index >= 15 is 0 Å². The Morgan fingerprint density at radius 1 is 1.23 bits per heavy atom. The lowest BCUT2D eigenvalue weighted by molar-refractivity contribution is -0.123. The molecule has 2 aromatic heterocycles. The predicted molar refractivity (Wildman–Crippen MR) is 121 cm³/mol. The van der Waals surface area contributed by atoms with E-state index in [0.717, 1.165) is 13.0 Å². The standard InChI is InChI=1S/C25H32N4O/c1-16(2)11-21-20-8-5-9-23-24(20)19(12-22(28-21)25(30)27-17(3)4)15-29(23)14-18-7-6-10-26-13-18/h5-10,13,15-17,21-22,28H,11-12,14H2,1-4H3,(H,27,30)/t21-,22-/m0/s1. The molecule has 0 spiro atoms. The van der Waals surface area contributed by atoms with Crippen LogP contribution in [0.25, 0.3) is 10.9 Å². The molecule has 4 rings (SSSR count).